The number of hydrogen-bond donors (Lipinski definition) is 3. The van der Waals surface area contributed by atoms with Crippen LogP contribution in [0.1, 0.15) is 38.4 Å². The number of nitrogens with one attached hydrogen (secondary N) is 3. The van der Waals surface area contributed by atoms with Crippen molar-refractivity contribution in [1.29, 1.82) is 0 Å². The Kier molecular flexibility index (Phi) is 12.5. The van der Waals surface area contributed by atoms with Gasteiger partial charge in [0.15, 0.2) is 5.16 Å². The van der Waals surface area contributed by atoms with Crippen LogP contribution in [0, 0.1) is 12.8 Å². The van der Waals surface area contributed by atoms with Crippen molar-refractivity contribution in [3.05, 3.63) is 53.9 Å². The predicted octanol–water partition coefficient (Wildman–Crippen LogP) is 0.941. The number of aromatic nitrogens is 2. The first-order chi connectivity index (χ1) is 20.4. The molecule has 0 bridgehead atoms. The van der Waals surface area contributed by atoms with Crippen LogP contribution in [0.25, 0.3) is 0 Å². The van der Waals surface area contributed by atoms with Crippen LogP contribution in [0.4, 0.5) is 0 Å². The van der Waals surface area contributed by atoms with Crippen molar-refractivity contribution in [2.24, 2.45) is 5.92 Å². The molecule has 0 saturated carbocycles. The number of hydrogen-bond acceptors (Lipinski definition) is 8. The normalized spacial score (nSPS) is 21.0. The molecule has 1 aromatic carbocycles. The Balaban J connectivity index is 1.86. The van der Waals surface area contributed by atoms with Crippen molar-refractivity contribution in [1.82, 2.24) is 35.7 Å². The fourth-order valence-corrected chi connectivity index (χ4v) is 5.29. The molecule has 1 aliphatic rings. The van der Waals surface area contributed by atoms with Gasteiger partial charge < -0.3 is 25.8 Å². The van der Waals surface area contributed by atoms with E-state index in [1.807, 2.05) is 51.1 Å². The lowest BCUT2D eigenvalue weighted by atomic mass is 10.0. The quantitative estimate of drug-likeness (QED) is 0.309. The van der Waals surface area contributed by atoms with Gasteiger partial charge in [0.25, 0.3) is 0 Å². The van der Waals surface area contributed by atoms with E-state index in [0.717, 1.165) is 23.0 Å². The summed E-state index contributed by atoms with van der Waals surface area (Å²) in [6.45, 7) is 7.04. The summed E-state index contributed by atoms with van der Waals surface area (Å²) in [4.78, 5) is 77.6. The topological polar surface area (TPSA) is 154 Å². The molecule has 1 aliphatic heterocycles. The minimum atomic E-state index is -0.921. The van der Waals surface area contributed by atoms with Crippen molar-refractivity contribution >= 4 is 41.3 Å². The van der Waals surface area contributed by atoms with E-state index in [-0.39, 0.29) is 43.6 Å². The van der Waals surface area contributed by atoms with Crippen LogP contribution < -0.4 is 16.0 Å². The Morgan fingerprint density at radius 2 is 1.77 bits per heavy atom. The third-order valence-corrected chi connectivity index (χ3v) is 7.88. The van der Waals surface area contributed by atoms with Gasteiger partial charge in [-0.3, -0.25) is 24.0 Å². The highest BCUT2D eigenvalue weighted by molar-refractivity contribution is 7.99. The summed E-state index contributed by atoms with van der Waals surface area (Å²) in [7, 11) is 1.50. The highest BCUT2D eigenvalue weighted by Gasteiger charge is 2.33. The van der Waals surface area contributed by atoms with E-state index in [0.29, 0.717) is 11.6 Å². The van der Waals surface area contributed by atoms with Gasteiger partial charge in [-0.25, -0.2) is 9.97 Å². The summed E-state index contributed by atoms with van der Waals surface area (Å²) in [5.74, 6) is -2.20. The smallest absolute Gasteiger partial charge is 0.245 e. The van der Waals surface area contributed by atoms with Gasteiger partial charge in [-0.2, -0.15) is 0 Å². The number of carbonyl (C=O) groups is 5. The van der Waals surface area contributed by atoms with Gasteiger partial charge in [0, 0.05) is 38.4 Å². The van der Waals surface area contributed by atoms with Crippen molar-refractivity contribution in [2.75, 3.05) is 32.4 Å². The fourth-order valence-electron chi connectivity index (χ4n) is 4.51. The maximum atomic E-state index is 13.5. The highest BCUT2D eigenvalue weighted by Crippen LogP contribution is 2.14. The summed E-state index contributed by atoms with van der Waals surface area (Å²) < 4.78 is 0. The molecule has 1 fully saturated rings. The molecule has 2 aromatic rings. The van der Waals surface area contributed by atoms with Crippen LogP contribution in [0.5, 0.6) is 0 Å². The second-order valence-corrected chi connectivity index (χ2v) is 11.9. The van der Waals surface area contributed by atoms with E-state index in [4.69, 9.17) is 0 Å². The van der Waals surface area contributed by atoms with Crippen LogP contribution in [0.2, 0.25) is 0 Å². The van der Waals surface area contributed by atoms with Gasteiger partial charge in [-0.15, -0.1) is 0 Å². The Hall–Kier alpha value is -4.00. The molecule has 0 aliphatic carbocycles. The zero-order valence-corrected chi connectivity index (χ0v) is 26.1. The first-order valence-electron chi connectivity index (χ1n) is 14.3. The third kappa shape index (κ3) is 10.3. The summed E-state index contributed by atoms with van der Waals surface area (Å²) in [5.41, 5.74) is 1.61. The van der Waals surface area contributed by atoms with Crippen LogP contribution in [0.3, 0.4) is 0 Å². The van der Waals surface area contributed by atoms with Gasteiger partial charge in [0.1, 0.15) is 18.1 Å². The Labute approximate surface area is 256 Å². The van der Waals surface area contributed by atoms with Crippen LogP contribution in [-0.2, 0) is 30.4 Å². The van der Waals surface area contributed by atoms with Crippen molar-refractivity contribution in [3.8, 4) is 0 Å². The maximum Gasteiger partial charge on any atom is 0.245 e. The molecule has 13 heteroatoms. The van der Waals surface area contributed by atoms with Gasteiger partial charge in [-0.05, 0) is 37.8 Å². The lowest BCUT2D eigenvalue weighted by Gasteiger charge is -2.30. The predicted molar refractivity (Wildman–Crippen MR) is 163 cm³/mol. The lowest BCUT2D eigenvalue weighted by Crippen LogP contribution is -2.57. The number of aryl methyl sites for hydroxylation is 1. The average molecular weight is 612 g/mol. The SMILES string of the molecule is Cc1ccnc(SCC(=O)N2CCNC(=O)[C@H](Cc3ccccc3)NC(=O)[C@H](C)N(C)C(=O)[C@H](CC(C)C)NC(=O)C2)n1. The number of carbonyl (C=O) groups excluding carboxylic acids is 5. The van der Waals surface area contributed by atoms with E-state index in [1.54, 1.807) is 19.2 Å². The number of rotatable bonds is 7. The van der Waals surface area contributed by atoms with Crippen molar-refractivity contribution in [3.63, 3.8) is 0 Å². The standard InChI is InChI=1S/C30H41N7O5S/c1-19(2)15-24-29(42)36(5)21(4)27(40)35-23(16-22-9-7-6-8-10-22)28(41)31-13-14-37(17-25(38)34-24)26(39)18-43-30-32-12-11-20(3)33-30/h6-12,19,21,23-24H,13-18H2,1-5H3,(H,31,41)(H,34,38)(H,35,40)/t21-,23-,24-/m0/s1. The lowest BCUT2D eigenvalue weighted by molar-refractivity contribution is -0.142. The molecule has 232 valence electrons. The Bertz CT molecular complexity index is 1290. The van der Waals surface area contributed by atoms with E-state index in [1.165, 1.54) is 16.8 Å². The highest BCUT2D eigenvalue weighted by atomic mass is 32.2. The van der Waals surface area contributed by atoms with E-state index >= 15 is 0 Å². The Morgan fingerprint density at radius 1 is 1.05 bits per heavy atom. The molecule has 1 aromatic heterocycles. The number of amides is 5. The first-order valence-corrected chi connectivity index (χ1v) is 15.3. The van der Waals surface area contributed by atoms with Gasteiger partial charge >= 0.3 is 0 Å². The number of benzene rings is 1. The second-order valence-electron chi connectivity index (χ2n) is 11.0. The number of nitrogens with zero attached hydrogens (tertiary/aromatic N) is 4. The first kappa shape index (κ1) is 33.5. The van der Waals surface area contributed by atoms with Gasteiger partial charge in [0.05, 0.1) is 12.3 Å². The largest absolute Gasteiger partial charge is 0.353 e. The third-order valence-electron chi connectivity index (χ3n) is 7.03. The van der Waals surface area contributed by atoms with Gasteiger partial charge in [-0.1, -0.05) is 55.9 Å². The molecule has 43 heavy (non-hydrogen) atoms. The molecule has 0 radical (unpaired) electrons. The molecular weight excluding hydrogens is 570 g/mol. The summed E-state index contributed by atoms with van der Waals surface area (Å²) >= 11 is 1.15. The monoisotopic (exact) mass is 611 g/mol. The zero-order valence-electron chi connectivity index (χ0n) is 25.3. The number of likely N-dealkylation sites (N-methyl/N-ethyl adjacent to an activating group) is 1. The van der Waals surface area contributed by atoms with E-state index in [9.17, 15) is 24.0 Å². The Morgan fingerprint density at radius 3 is 2.44 bits per heavy atom. The summed E-state index contributed by atoms with van der Waals surface area (Å²) in [6.07, 6.45) is 2.18. The minimum Gasteiger partial charge on any atom is -0.353 e. The van der Waals surface area contributed by atoms with Crippen LogP contribution >= 0.6 is 11.8 Å². The molecule has 0 spiro atoms. The van der Waals surface area contributed by atoms with E-state index < -0.39 is 41.8 Å². The minimum absolute atomic E-state index is 0.0219. The van der Waals surface area contributed by atoms with Crippen molar-refractivity contribution in [2.45, 2.75) is 63.8 Å². The molecule has 1 saturated heterocycles. The molecule has 5 amide bonds. The molecule has 3 rings (SSSR count). The summed E-state index contributed by atoms with van der Waals surface area (Å²) in [6, 6.07) is 8.30. The van der Waals surface area contributed by atoms with Gasteiger partial charge in [0.2, 0.25) is 29.5 Å². The van der Waals surface area contributed by atoms with E-state index in [2.05, 4.69) is 25.9 Å². The second kappa shape index (κ2) is 16.0. The van der Waals surface area contributed by atoms with Crippen molar-refractivity contribution < 1.29 is 24.0 Å². The molecule has 12 nitrogen and oxygen atoms in total. The van der Waals surface area contributed by atoms with Crippen LogP contribution in [0.15, 0.2) is 47.8 Å². The van der Waals surface area contributed by atoms with Crippen LogP contribution in [-0.4, -0.2) is 99.9 Å². The maximum absolute atomic E-state index is 13.5. The zero-order chi connectivity index (χ0) is 31.5. The average Bonchev–Trinajstić information content (AvgIpc) is 2.97. The fraction of sp³-hybridized carbons (Fsp3) is 0.500. The molecule has 3 atom stereocenters. The summed E-state index contributed by atoms with van der Waals surface area (Å²) in [5, 5.41) is 8.81. The molecule has 3 N–H and O–H groups in total. The number of thioether (sulfide) groups is 1. The molecule has 0 unspecified atom stereocenters. The molecular formula is C30H41N7O5S. The molecule has 2 heterocycles.